The van der Waals surface area contributed by atoms with Crippen LogP contribution >= 0.6 is 0 Å². The number of aromatic nitrogens is 2. The van der Waals surface area contributed by atoms with Crippen molar-refractivity contribution in [2.45, 2.75) is 38.6 Å². The zero-order valence-corrected chi connectivity index (χ0v) is 9.00. The van der Waals surface area contributed by atoms with Crippen LogP contribution in [0.4, 0.5) is 0 Å². The molecule has 1 aliphatic rings. The van der Waals surface area contributed by atoms with Crippen LogP contribution in [-0.4, -0.2) is 17.2 Å². The van der Waals surface area contributed by atoms with E-state index in [0.29, 0.717) is 5.89 Å². The van der Waals surface area contributed by atoms with E-state index in [1.807, 2.05) is 20.9 Å². The summed E-state index contributed by atoms with van der Waals surface area (Å²) < 4.78 is 5.23. The van der Waals surface area contributed by atoms with Gasteiger partial charge >= 0.3 is 0 Å². The molecule has 0 saturated heterocycles. The zero-order chi connectivity index (χ0) is 10.2. The summed E-state index contributed by atoms with van der Waals surface area (Å²) >= 11 is 0. The maximum Gasteiger partial charge on any atom is 0.246 e. The van der Waals surface area contributed by atoms with Crippen molar-refractivity contribution in [1.82, 2.24) is 15.5 Å². The molecule has 1 N–H and O–H groups in total. The van der Waals surface area contributed by atoms with Crippen LogP contribution in [0.3, 0.4) is 0 Å². The normalized spacial score (nSPS) is 17.4. The lowest BCUT2D eigenvalue weighted by atomic mass is 10.1. The summed E-state index contributed by atoms with van der Waals surface area (Å²) in [7, 11) is 1.89. The van der Waals surface area contributed by atoms with Crippen molar-refractivity contribution in [3.63, 3.8) is 0 Å². The van der Waals surface area contributed by atoms with Crippen molar-refractivity contribution in [2.75, 3.05) is 7.05 Å². The quantitative estimate of drug-likeness (QED) is 0.790. The summed E-state index contributed by atoms with van der Waals surface area (Å²) in [6.07, 6.45) is 3.61. The topological polar surface area (TPSA) is 51.0 Å². The van der Waals surface area contributed by atoms with Crippen molar-refractivity contribution >= 4 is 0 Å². The van der Waals surface area contributed by atoms with Crippen LogP contribution in [0.15, 0.2) is 4.52 Å². The molecule has 1 heterocycles. The van der Waals surface area contributed by atoms with Crippen LogP contribution in [0.5, 0.6) is 0 Å². The van der Waals surface area contributed by atoms with E-state index in [1.54, 1.807) is 0 Å². The summed E-state index contributed by atoms with van der Waals surface area (Å²) in [6.45, 7) is 4.06. The highest BCUT2D eigenvalue weighted by atomic mass is 16.5. The van der Waals surface area contributed by atoms with Crippen LogP contribution in [-0.2, 0) is 12.0 Å². The van der Waals surface area contributed by atoms with Gasteiger partial charge in [-0.05, 0) is 39.7 Å². The van der Waals surface area contributed by atoms with Crippen molar-refractivity contribution in [3.05, 3.63) is 11.7 Å². The van der Waals surface area contributed by atoms with Gasteiger partial charge in [0, 0.05) is 6.42 Å². The van der Waals surface area contributed by atoms with E-state index in [4.69, 9.17) is 4.52 Å². The van der Waals surface area contributed by atoms with Crippen LogP contribution in [0.1, 0.15) is 38.4 Å². The molecule has 14 heavy (non-hydrogen) atoms. The highest BCUT2D eigenvalue weighted by Crippen LogP contribution is 2.32. The third kappa shape index (κ3) is 1.95. The molecule has 1 fully saturated rings. The third-order valence-corrected chi connectivity index (χ3v) is 2.80. The molecule has 1 saturated carbocycles. The Morgan fingerprint density at radius 2 is 2.21 bits per heavy atom. The van der Waals surface area contributed by atoms with Gasteiger partial charge in [0.25, 0.3) is 0 Å². The maximum absolute atomic E-state index is 5.23. The minimum absolute atomic E-state index is 0.227. The van der Waals surface area contributed by atoms with Crippen molar-refractivity contribution in [1.29, 1.82) is 0 Å². The van der Waals surface area contributed by atoms with Gasteiger partial charge in [-0.2, -0.15) is 4.98 Å². The lowest BCUT2D eigenvalue weighted by Gasteiger charge is -2.17. The number of rotatable bonds is 4. The third-order valence-electron chi connectivity index (χ3n) is 2.80. The minimum atomic E-state index is -0.227. The van der Waals surface area contributed by atoms with Gasteiger partial charge in [0.05, 0.1) is 5.54 Å². The Morgan fingerprint density at radius 3 is 2.79 bits per heavy atom. The van der Waals surface area contributed by atoms with E-state index in [9.17, 15) is 0 Å². The van der Waals surface area contributed by atoms with E-state index in [1.165, 1.54) is 12.8 Å². The molecule has 78 valence electrons. The molecule has 1 aromatic rings. The fourth-order valence-electron chi connectivity index (χ4n) is 1.28. The van der Waals surface area contributed by atoms with Gasteiger partial charge in [0.15, 0.2) is 5.82 Å². The van der Waals surface area contributed by atoms with Gasteiger partial charge in [-0.25, -0.2) is 0 Å². The first kappa shape index (κ1) is 9.65. The van der Waals surface area contributed by atoms with Crippen molar-refractivity contribution in [2.24, 2.45) is 5.92 Å². The molecule has 1 aromatic heterocycles. The standard InChI is InChI=1S/C10H17N3O/c1-10(2,11-3)9-12-8(13-14-9)6-7-4-5-7/h7,11H,4-6H2,1-3H3. The predicted octanol–water partition coefficient (Wildman–Crippen LogP) is 1.48. The SMILES string of the molecule is CNC(C)(C)c1nc(CC2CC2)no1. The van der Waals surface area contributed by atoms with E-state index in [-0.39, 0.29) is 5.54 Å². The van der Waals surface area contributed by atoms with E-state index in [2.05, 4.69) is 15.5 Å². The first-order valence-corrected chi connectivity index (χ1v) is 5.14. The summed E-state index contributed by atoms with van der Waals surface area (Å²) in [4.78, 5) is 4.39. The van der Waals surface area contributed by atoms with E-state index >= 15 is 0 Å². The summed E-state index contributed by atoms with van der Waals surface area (Å²) in [5, 5.41) is 7.13. The largest absolute Gasteiger partial charge is 0.337 e. The second kappa shape index (κ2) is 3.35. The van der Waals surface area contributed by atoms with Crippen LogP contribution in [0, 0.1) is 5.92 Å². The Balaban J connectivity index is 2.07. The van der Waals surface area contributed by atoms with Crippen molar-refractivity contribution < 1.29 is 4.52 Å². The van der Waals surface area contributed by atoms with Crippen LogP contribution in [0.25, 0.3) is 0 Å². The van der Waals surface area contributed by atoms with Crippen LogP contribution in [0.2, 0.25) is 0 Å². The Hall–Kier alpha value is -0.900. The monoisotopic (exact) mass is 195 g/mol. The fraction of sp³-hybridized carbons (Fsp3) is 0.800. The summed E-state index contributed by atoms with van der Waals surface area (Å²) in [5.41, 5.74) is -0.227. The second-order valence-corrected chi connectivity index (χ2v) is 4.54. The predicted molar refractivity (Wildman–Crippen MR) is 52.8 cm³/mol. The molecule has 0 spiro atoms. The molecule has 0 bridgehead atoms. The smallest absolute Gasteiger partial charge is 0.246 e. The molecule has 0 aliphatic heterocycles. The molecule has 4 heteroatoms. The maximum atomic E-state index is 5.23. The Bertz CT molecular complexity index is 315. The molecule has 0 amide bonds. The molecule has 4 nitrogen and oxygen atoms in total. The summed E-state index contributed by atoms with van der Waals surface area (Å²) in [6, 6.07) is 0. The highest BCUT2D eigenvalue weighted by molar-refractivity contribution is 5.00. The lowest BCUT2D eigenvalue weighted by Crippen LogP contribution is -2.33. The number of nitrogens with zero attached hydrogens (tertiary/aromatic N) is 2. The molecular formula is C10H17N3O. The molecule has 0 radical (unpaired) electrons. The molecule has 0 aromatic carbocycles. The van der Waals surface area contributed by atoms with Gasteiger partial charge in [-0.3, -0.25) is 0 Å². The molecule has 0 atom stereocenters. The number of hydrogen-bond acceptors (Lipinski definition) is 4. The summed E-state index contributed by atoms with van der Waals surface area (Å²) in [5.74, 6) is 2.33. The van der Waals surface area contributed by atoms with E-state index < -0.39 is 0 Å². The molecule has 1 aliphatic carbocycles. The molecule has 2 rings (SSSR count). The van der Waals surface area contributed by atoms with Gasteiger partial charge in [-0.15, -0.1) is 0 Å². The lowest BCUT2D eigenvalue weighted by molar-refractivity contribution is 0.279. The van der Waals surface area contributed by atoms with Gasteiger partial charge in [-0.1, -0.05) is 5.16 Å². The highest BCUT2D eigenvalue weighted by Gasteiger charge is 2.28. The van der Waals surface area contributed by atoms with Gasteiger partial charge < -0.3 is 9.84 Å². The molecular weight excluding hydrogens is 178 g/mol. The average molecular weight is 195 g/mol. The fourth-order valence-corrected chi connectivity index (χ4v) is 1.28. The molecule has 0 unspecified atom stereocenters. The van der Waals surface area contributed by atoms with Gasteiger partial charge in [0.1, 0.15) is 0 Å². The average Bonchev–Trinajstić information content (AvgIpc) is 2.81. The first-order valence-electron chi connectivity index (χ1n) is 5.14. The number of nitrogens with one attached hydrogen (secondary N) is 1. The Morgan fingerprint density at radius 1 is 1.50 bits per heavy atom. The first-order chi connectivity index (χ1) is 6.62. The van der Waals surface area contributed by atoms with Gasteiger partial charge in [0.2, 0.25) is 5.89 Å². The van der Waals surface area contributed by atoms with E-state index in [0.717, 1.165) is 18.2 Å². The second-order valence-electron chi connectivity index (χ2n) is 4.54. The van der Waals surface area contributed by atoms with Crippen molar-refractivity contribution in [3.8, 4) is 0 Å². The zero-order valence-electron chi connectivity index (χ0n) is 9.00. The number of hydrogen-bond donors (Lipinski definition) is 1. The Kier molecular flexibility index (Phi) is 2.31. The Labute approximate surface area is 84.1 Å². The minimum Gasteiger partial charge on any atom is -0.337 e. The van der Waals surface area contributed by atoms with Crippen LogP contribution < -0.4 is 5.32 Å².